The molecule has 2 aromatic carbocycles. The molecule has 5 heteroatoms. The summed E-state index contributed by atoms with van der Waals surface area (Å²) >= 11 is 1.96. The number of para-hydroxylation sites is 1. The first kappa shape index (κ1) is 17.9. The van der Waals surface area contributed by atoms with Gasteiger partial charge in [0.25, 0.3) is 5.91 Å². The van der Waals surface area contributed by atoms with Gasteiger partial charge in [0.05, 0.1) is 11.1 Å². The van der Waals surface area contributed by atoms with Crippen LogP contribution < -0.4 is 10.2 Å². The lowest BCUT2D eigenvalue weighted by Crippen LogP contribution is -2.33. The summed E-state index contributed by atoms with van der Waals surface area (Å²) in [5.41, 5.74) is 3.61. The fourth-order valence-corrected chi connectivity index (χ4v) is 4.23. The number of hydrogen-bond donors (Lipinski definition) is 1. The molecule has 0 spiro atoms. The number of rotatable bonds is 4. The molecule has 1 amide bonds. The van der Waals surface area contributed by atoms with Gasteiger partial charge in [0.1, 0.15) is 5.82 Å². The molecule has 0 bridgehead atoms. The molecule has 1 N–H and O–H groups in total. The van der Waals surface area contributed by atoms with Crippen LogP contribution in [-0.4, -0.2) is 35.5 Å². The Morgan fingerprint density at radius 3 is 2.59 bits per heavy atom. The second-order valence-corrected chi connectivity index (χ2v) is 7.87. The maximum Gasteiger partial charge on any atom is 0.256 e. The topological polar surface area (TPSA) is 45.2 Å². The normalized spacial score (nSPS) is 14.3. The van der Waals surface area contributed by atoms with Gasteiger partial charge in [-0.15, -0.1) is 0 Å². The number of carbonyl (C=O) groups is 1. The van der Waals surface area contributed by atoms with Gasteiger partial charge in [0.15, 0.2) is 0 Å². The van der Waals surface area contributed by atoms with Crippen molar-refractivity contribution in [2.75, 3.05) is 34.8 Å². The van der Waals surface area contributed by atoms with Gasteiger partial charge in [-0.2, -0.15) is 11.8 Å². The van der Waals surface area contributed by atoms with Crippen molar-refractivity contribution in [1.82, 2.24) is 4.98 Å². The van der Waals surface area contributed by atoms with Crippen LogP contribution in [0.1, 0.15) is 22.8 Å². The number of anilines is 2. The summed E-state index contributed by atoms with van der Waals surface area (Å²) in [7, 11) is 0. The summed E-state index contributed by atoms with van der Waals surface area (Å²) in [5.74, 6) is 2.99. The first-order valence-corrected chi connectivity index (χ1v) is 10.5. The van der Waals surface area contributed by atoms with Crippen molar-refractivity contribution in [1.29, 1.82) is 0 Å². The molecule has 0 saturated carbocycles. The van der Waals surface area contributed by atoms with Gasteiger partial charge in [0.2, 0.25) is 0 Å². The van der Waals surface area contributed by atoms with Gasteiger partial charge in [0, 0.05) is 35.7 Å². The average Bonchev–Trinajstić information content (AvgIpc) is 2.74. The third-order valence-electron chi connectivity index (χ3n) is 4.90. The maximum absolute atomic E-state index is 13.1. The molecule has 138 valence electrons. The van der Waals surface area contributed by atoms with E-state index >= 15 is 0 Å². The van der Waals surface area contributed by atoms with Gasteiger partial charge < -0.3 is 10.2 Å². The van der Waals surface area contributed by atoms with Gasteiger partial charge in [-0.25, -0.2) is 4.98 Å². The number of pyridine rings is 1. The Bertz CT molecular complexity index is 949. The summed E-state index contributed by atoms with van der Waals surface area (Å²) in [6.45, 7) is 4.06. The van der Waals surface area contributed by atoms with Crippen LogP contribution in [0.5, 0.6) is 0 Å². The van der Waals surface area contributed by atoms with Crippen LogP contribution in [-0.2, 0) is 6.42 Å². The zero-order valence-electron chi connectivity index (χ0n) is 15.4. The zero-order valence-corrected chi connectivity index (χ0v) is 16.3. The van der Waals surface area contributed by atoms with E-state index in [4.69, 9.17) is 4.98 Å². The molecule has 1 aliphatic heterocycles. The van der Waals surface area contributed by atoms with Crippen molar-refractivity contribution in [2.45, 2.75) is 13.3 Å². The summed E-state index contributed by atoms with van der Waals surface area (Å²) < 4.78 is 0. The van der Waals surface area contributed by atoms with Crippen LogP contribution in [0, 0.1) is 0 Å². The quantitative estimate of drug-likeness (QED) is 0.722. The van der Waals surface area contributed by atoms with Gasteiger partial charge in [-0.05, 0) is 36.2 Å². The highest BCUT2D eigenvalue weighted by Gasteiger charge is 2.18. The summed E-state index contributed by atoms with van der Waals surface area (Å²) in [6.07, 6.45) is 0.987. The van der Waals surface area contributed by atoms with Gasteiger partial charge >= 0.3 is 0 Å². The molecular weight excluding hydrogens is 354 g/mol. The van der Waals surface area contributed by atoms with E-state index in [0.717, 1.165) is 53.4 Å². The van der Waals surface area contributed by atoms with E-state index in [-0.39, 0.29) is 5.91 Å². The fraction of sp³-hybridized carbons (Fsp3) is 0.273. The first-order valence-electron chi connectivity index (χ1n) is 9.37. The Kier molecular flexibility index (Phi) is 5.30. The Morgan fingerprint density at radius 1 is 1.11 bits per heavy atom. The minimum absolute atomic E-state index is 0.0921. The van der Waals surface area contributed by atoms with E-state index in [1.165, 1.54) is 5.56 Å². The molecule has 27 heavy (non-hydrogen) atoms. The van der Waals surface area contributed by atoms with Crippen LogP contribution in [0.2, 0.25) is 0 Å². The number of benzene rings is 2. The second kappa shape index (κ2) is 8.01. The molecule has 0 radical (unpaired) electrons. The number of aryl methyl sites for hydroxylation is 1. The highest BCUT2D eigenvalue weighted by atomic mass is 32.2. The Balaban J connectivity index is 1.68. The number of aromatic nitrogens is 1. The number of thioether (sulfide) groups is 1. The van der Waals surface area contributed by atoms with E-state index in [2.05, 4.69) is 29.3 Å². The largest absolute Gasteiger partial charge is 0.355 e. The highest BCUT2D eigenvalue weighted by Crippen LogP contribution is 2.26. The SMILES string of the molecule is CCc1ccc(NC(=O)c2cc(N3CCSCC3)nc3ccccc23)cc1. The minimum atomic E-state index is -0.0921. The number of amides is 1. The molecule has 1 saturated heterocycles. The number of fused-ring (bicyclic) bond motifs is 1. The zero-order chi connectivity index (χ0) is 18.6. The molecule has 3 aromatic rings. The molecule has 0 unspecified atom stereocenters. The summed E-state index contributed by atoms with van der Waals surface area (Å²) in [6, 6.07) is 17.8. The first-order chi connectivity index (χ1) is 13.2. The molecule has 1 aromatic heterocycles. The average molecular weight is 378 g/mol. The molecular formula is C22H23N3OS. The Hall–Kier alpha value is -2.53. The van der Waals surface area contributed by atoms with Crippen LogP contribution in [0.4, 0.5) is 11.5 Å². The Labute approximate surface area is 164 Å². The summed E-state index contributed by atoms with van der Waals surface area (Å²) in [5, 5.41) is 3.93. The maximum atomic E-state index is 13.1. The van der Waals surface area contributed by atoms with Crippen LogP contribution >= 0.6 is 11.8 Å². The van der Waals surface area contributed by atoms with Crippen molar-refractivity contribution in [2.24, 2.45) is 0 Å². The van der Waals surface area contributed by atoms with Crippen molar-refractivity contribution in [3.05, 3.63) is 65.7 Å². The van der Waals surface area contributed by atoms with Gasteiger partial charge in [-0.3, -0.25) is 4.79 Å². The van der Waals surface area contributed by atoms with Gasteiger partial charge in [-0.1, -0.05) is 37.3 Å². The lowest BCUT2D eigenvalue weighted by atomic mass is 10.1. The third kappa shape index (κ3) is 3.93. The van der Waals surface area contributed by atoms with Crippen LogP contribution in [0.25, 0.3) is 10.9 Å². The lowest BCUT2D eigenvalue weighted by molar-refractivity contribution is 0.102. The van der Waals surface area contributed by atoms with Crippen molar-refractivity contribution in [3.8, 4) is 0 Å². The molecule has 4 rings (SSSR count). The number of nitrogens with one attached hydrogen (secondary N) is 1. The molecule has 1 fully saturated rings. The predicted molar refractivity (Wildman–Crippen MR) is 115 cm³/mol. The smallest absolute Gasteiger partial charge is 0.256 e. The van der Waals surface area contributed by atoms with Crippen molar-refractivity contribution >= 4 is 40.1 Å². The number of hydrogen-bond acceptors (Lipinski definition) is 4. The number of carbonyl (C=O) groups excluding carboxylic acids is 1. The van der Waals surface area contributed by atoms with Crippen LogP contribution in [0.3, 0.4) is 0 Å². The van der Waals surface area contributed by atoms with E-state index < -0.39 is 0 Å². The van der Waals surface area contributed by atoms with Crippen molar-refractivity contribution in [3.63, 3.8) is 0 Å². The number of nitrogens with zero attached hydrogens (tertiary/aromatic N) is 2. The molecule has 0 aliphatic carbocycles. The second-order valence-electron chi connectivity index (χ2n) is 6.65. The van der Waals surface area contributed by atoms with E-state index in [0.29, 0.717) is 5.56 Å². The van der Waals surface area contributed by atoms with E-state index in [9.17, 15) is 4.79 Å². The molecule has 4 nitrogen and oxygen atoms in total. The lowest BCUT2D eigenvalue weighted by Gasteiger charge is -2.28. The molecule has 1 aliphatic rings. The fourth-order valence-electron chi connectivity index (χ4n) is 3.33. The highest BCUT2D eigenvalue weighted by molar-refractivity contribution is 7.99. The summed E-state index contributed by atoms with van der Waals surface area (Å²) in [4.78, 5) is 20.1. The van der Waals surface area contributed by atoms with Crippen molar-refractivity contribution < 1.29 is 4.79 Å². The predicted octanol–water partition coefficient (Wildman–Crippen LogP) is 4.60. The third-order valence-corrected chi connectivity index (χ3v) is 5.84. The molecule has 2 heterocycles. The van der Waals surface area contributed by atoms with E-state index in [1.54, 1.807) is 0 Å². The minimum Gasteiger partial charge on any atom is -0.355 e. The Morgan fingerprint density at radius 2 is 1.85 bits per heavy atom. The molecule has 0 atom stereocenters. The van der Waals surface area contributed by atoms with E-state index in [1.807, 2.05) is 54.2 Å². The standard InChI is InChI=1S/C22H23N3OS/c1-2-16-7-9-17(10-8-16)23-22(26)19-15-21(25-11-13-27-14-12-25)24-20-6-4-3-5-18(19)20/h3-10,15H,2,11-14H2,1H3,(H,23,26). The monoisotopic (exact) mass is 377 g/mol. The van der Waals surface area contributed by atoms with Crippen LogP contribution in [0.15, 0.2) is 54.6 Å².